The highest BCUT2D eigenvalue weighted by Gasteiger charge is 2.12. The summed E-state index contributed by atoms with van der Waals surface area (Å²) in [6.07, 6.45) is 3.55. The van der Waals surface area contributed by atoms with E-state index in [1.165, 1.54) is 24.9 Å². The molecule has 0 amide bonds. The molecule has 0 aliphatic rings. The van der Waals surface area contributed by atoms with Gasteiger partial charge in [-0.2, -0.15) is 0 Å². The summed E-state index contributed by atoms with van der Waals surface area (Å²) < 4.78 is 5.19. The van der Waals surface area contributed by atoms with Crippen LogP contribution in [0, 0.1) is 0 Å². The normalized spacial score (nSPS) is 12.7. The molecular weight excluding hydrogens is 236 g/mol. The molecule has 1 rings (SSSR count). The Kier molecular flexibility index (Phi) is 6.71. The number of ether oxygens (including phenoxy) is 1. The first-order valence-corrected chi connectivity index (χ1v) is 7.28. The van der Waals surface area contributed by atoms with Crippen molar-refractivity contribution < 1.29 is 4.74 Å². The number of likely N-dealkylation sites (N-methyl/N-ethyl adjacent to an activating group) is 1. The lowest BCUT2D eigenvalue weighted by Gasteiger charge is -2.28. The number of nitrogens with two attached hydrogens (primary N) is 1. The average molecular weight is 264 g/mol. The van der Waals surface area contributed by atoms with E-state index in [0.29, 0.717) is 6.04 Å². The van der Waals surface area contributed by atoms with E-state index in [1.54, 1.807) is 7.11 Å². The number of hydrogen-bond acceptors (Lipinski definition) is 3. The Labute approximate surface area is 117 Å². The van der Waals surface area contributed by atoms with Crippen LogP contribution in [0.2, 0.25) is 0 Å². The predicted molar refractivity (Wildman–Crippen MR) is 82.7 cm³/mol. The van der Waals surface area contributed by atoms with Gasteiger partial charge < -0.3 is 15.4 Å². The van der Waals surface area contributed by atoms with Crippen LogP contribution in [0.4, 0.5) is 5.69 Å². The summed E-state index contributed by atoms with van der Waals surface area (Å²) in [7, 11) is 1.65. The van der Waals surface area contributed by atoms with E-state index in [-0.39, 0.29) is 0 Å². The van der Waals surface area contributed by atoms with Crippen LogP contribution in [-0.2, 0) is 6.42 Å². The molecule has 1 atom stereocenters. The van der Waals surface area contributed by atoms with Gasteiger partial charge in [0.2, 0.25) is 0 Å². The van der Waals surface area contributed by atoms with E-state index in [1.807, 2.05) is 12.1 Å². The minimum absolute atomic E-state index is 0.546. The van der Waals surface area contributed by atoms with Gasteiger partial charge in [-0.25, -0.2) is 0 Å². The zero-order valence-electron chi connectivity index (χ0n) is 12.8. The third-order valence-corrected chi connectivity index (χ3v) is 3.65. The van der Waals surface area contributed by atoms with E-state index >= 15 is 0 Å². The molecule has 0 saturated carbocycles. The van der Waals surface area contributed by atoms with Gasteiger partial charge in [0, 0.05) is 6.04 Å². The number of benzene rings is 1. The van der Waals surface area contributed by atoms with E-state index in [2.05, 4.69) is 31.7 Å². The van der Waals surface area contributed by atoms with Crippen molar-refractivity contribution in [2.75, 3.05) is 25.9 Å². The first-order valence-electron chi connectivity index (χ1n) is 7.28. The van der Waals surface area contributed by atoms with Crippen molar-refractivity contribution in [1.82, 2.24) is 4.90 Å². The zero-order chi connectivity index (χ0) is 14.3. The van der Waals surface area contributed by atoms with Crippen LogP contribution in [0.5, 0.6) is 5.75 Å². The fourth-order valence-electron chi connectivity index (χ4n) is 2.43. The van der Waals surface area contributed by atoms with E-state index in [4.69, 9.17) is 10.5 Å². The summed E-state index contributed by atoms with van der Waals surface area (Å²) in [5, 5.41) is 0. The second-order valence-corrected chi connectivity index (χ2v) is 5.11. The van der Waals surface area contributed by atoms with Gasteiger partial charge in [0.25, 0.3) is 0 Å². The second-order valence-electron chi connectivity index (χ2n) is 5.11. The van der Waals surface area contributed by atoms with Crippen molar-refractivity contribution in [2.24, 2.45) is 0 Å². The number of nitrogens with zero attached hydrogens (tertiary/aromatic N) is 1. The van der Waals surface area contributed by atoms with Gasteiger partial charge in [-0.15, -0.1) is 0 Å². The molecule has 0 spiro atoms. The highest BCUT2D eigenvalue weighted by Crippen LogP contribution is 2.23. The largest absolute Gasteiger partial charge is 0.495 e. The topological polar surface area (TPSA) is 38.5 Å². The molecule has 1 aromatic rings. The molecule has 2 N–H and O–H groups in total. The third-order valence-electron chi connectivity index (χ3n) is 3.65. The van der Waals surface area contributed by atoms with Crippen molar-refractivity contribution in [3.8, 4) is 5.75 Å². The summed E-state index contributed by atoms with van der Waals surface area (Å²) in [6, 6.07) is 6.64. The first-order chi connectivity index (χ1) is 9.12. The monoisotopic (exact) mass is 264 g/mol. The van der Waals surface area contributed by atoms with Gasteiger partial charge in [0.15, 0.2) is 0 Å². The number of methoxy groups -OCH3 is 1. The quantitative estimate of drug-likeness (QED) is 0.732. The van der Waals surface area contributed by atoms with Crippen LogP contribution in [0.3, 0.4) is 0 Å². The summed E-state index contributed by atoms with van der Waals surface area (Å²) in [5.74, 6) is 0.759. The Morgan fingerprint density at radius 3 is 2.58 bits per heavy atom. The molecule has 0 bridgehead atoms. The lowest BCUT2D eigenvalue weighted by molar-refractivity contribution is 0.215. The highest BCUT2D eigenvalue weighted by atomic mass is 16.5. The number of rotatable bonds is 8. The molecule has 3 heteroatoms. The summed E-state index contributed by atoms with van der Waals surface area (Å²) in [4.78, 5) is 2.53. The molecule has 1 aromatic carbocycles. The minimum Gasteiger partial charge on any atom is -0.495 e. The van der Waals surface area contributed by atoms with Crippen LogP contribution in [0.25, 0.3) is 0 Å². The van der Waals surface area contributed by atoms with Crippen LogP contribution < -0.4 is 10.5 Å². The van der Waals surface area contributed by atoms with E-state index < -0.39 is 0 Å². The molecule has 3 nitrogen and oxygen atoms in total. The van der Waals surface area contributed by atoms with Gasteiger partial charge >= 0.3 is 0 Å². The number of nitrogen functional groups attached to an aromatic ring is 1. The van der Waals surface area contributed by atoms with E-state index in [9.17, 15) is 0 Å². The molecule has 0 radical (unpaired) electrons. The maximum absolute atomic E-state index is 5.96. The van der Waals surface area contributed by atoms with Gasteiger partial charge in [-0.3, -0.25) is 0 Å². The highest BCUT2D eigenvalue weighted by molar-refractivity contribution is 5.54. The van der Waals surface area contributed by atoms with Gasteiger partial charge in [0.05, 0.1) is 12.8 Å². The van der Waals surface area contributed by atoms with Crippen molar-refractivity contribution >= 4 is 5.69 Å². The molecule has 108 valence electrons. The predicted octanol–water partition coefficient (Wildman–Crippen LogP) is 3.33. The number of anilines is 1. The van der Waals surface area contributed by atoms with E-state index in [0.717, 1.165) is 24.4 Å². The van der Waals surface area contributed by atoms with Crippen molar-refractivity contribution in [1.29, 1.82) is 0 Å². The van der Waals surface area contributed by atoms with Crippen LogP contribution in [-0.4, -0.2) is 31.1 Å². The fourth-order valence-corrected chi connectivity index (χ4v) is 2.43. The molecule has 0 aliphatic carbocycles. The Balaban J connectivity index is 2.64. The first kappa shape index (κ1) is 15.8. The van der Waals surface area contributed by atoms with Crippen LogP contribution in [0.15, 0.2) is 18.2 Å². The van der Waals surface area contributed by atoms with Crippen LogP contribution in [0.1, 0.15) is 39.2 Å². The third kappa shape index (κ3) is 4.75. The molecule has 0 heterocycles. The summed E-state index contributed by atoms with van der Waals surface area (Å²) in [5.41, 5.74) is 7.96. The molecule has 1 unspecified atom stereocenters. The van der Waals surface area contributed by atoms with Crippen LogP contribution >= 0.6 is 0 Å². The summed E-state index contributed by atoms with van der Waals surface area (Å²) in [6.45, 7) is 9.05. The molecule has 0 aliphatic heterocycles. The maximum Gasteiger partial charge on any atom is 0.141 e. The smallest absolute Gasteiger partial charge is 0.141 e. The fraction of sp³-hybridized carbons (Fsp3) is 0.625. The minimum atomic E-state index is 0.546. The Bertz CT molecular complexity index is 379. The molecule has 0 saturated heterocycles. The zero-order valence-corrected chi connectivity index (χ0v) is 12.8. The molecular formula is C16H28N2O. The lowest BCUT2D eigenvalue weighted by Crippen LogP contribution is -2.35. The Morgan fingerprint density at radius 2 is 2.05 bits per heavy atom. The van der Waals surface area contributed by atoms with Crippen molar-refractivity contribution in [3.05, 3.63) is 23.8 Å². The van der Waals surface area contributed by atoms with Gasteiger partial charge in [0.1, 0.15) is 5.75 Å². The average Bonchev–Trinajstić information content (AvgIpc) is 2.40. The molecule has 0 aromatic heterocycles. The second kappa shape index (κ2) is 8.05. The van der Waals surface area contributed by atoms with Crippen molar-refractivity contribution in [3.63, 3.8) is 0 Å². The molecule has 19 heavy (non-hydrogen) atoms. The Hall–Kier alpha value is -1.22. The van der Waals surface area contributed by atoms with Gasteiger partial charge in [-0.1, -0.05) is 26.3 Å². The molecule has 0 fully saturated rings. The number of unbranched alkanes of at least 4 members (excludes halogenated alkanes) is 1. The number of hydrogen-bond donors (Lipinski definition) is 1. The van der Waals surface area contributed by atoms with Gasteiger partial charge in [-0.05, 0) is 50.6 Å². The summed E-state index contributed by atoms with van der Waals surface area (Å²) >= 11 is 0. The van der Waals surface area contributed by atoms with Crippen molar-refractivity contribution in [2.45, 2.75) is 46.1 Å². The SMILES string of the molecule is CCCCN(CC)C(C)Cc1ccc(OC)c(N)c1. The maximum atomic E-state index is 5.96. The Morgan fingerprint density at radius 1 is 1.32 bits per heavy atom. The lowest BCUT2D eigenvalue weighted by atomic mass is 10.0. The standard InChI is InChI=1S/C16H28N2O/c1-5-7-10-18(6-2)13(3)11-14-8-9-16(19-4)15(17)12-14/h8-9,12-13H,5-7,10-11,17H2,1-4H3.